The van der Waals surface area contributed by atoms with Gasteiger partial charge in [0.15, 0.2) is 5.82 Å². The number of nitro groups is 1. The van der Waals surface area contributed by atoms with Gasteiger partial charge in [-0.15, -0.1) is 0 Å². The first-order valence-electron chi connectivity index (χ1n) is 13.2. The quantitative estimate of drug-likeness (QED) is 0.217. The Hall–Kier alpha value is -4.29. The summed E-state index contributed by atoms with van der Waals surface area (Å²) in [6.07, 6.45) is 1.10. The van der Waals surface area contributed by atoms with Crippen LogP contribution in [-0.4, -0.2) is 71.3 Å². The van der Waals surface area contributed by atoms with Crippen molar-refractivity contribution in [2.75, 3.05) is 51.6 Å². The lowest BCUT2D eigenvalue weighted by molar-refractivity contribution is -0.384. The lowest BCUT2D eigenvalue weighted by Gasteiger charge is -2.37. The molecule has 0 aliphatic carbocycles. The number of ether oxygens (including phenoxy) is 2. The van der Waals surface area contributed by atoms with Gasteiger partial charge < -0.3 is 29.2 Å². The van der Waals surface area contributed by atoms with Crippen LogP contribution in [-0.2, 0) is 17.9 Å². The third kappa shape index (κ3) is 5.27. The normalized spacial score (nSPS) is 13.4. The van der Waals surface area contributed by atoms with E-state index in [0.717, 1.165) is 22.8 Å². The largest absolute Gasteiger partial charge is 0.494 e. The monoisotopic (exact) mass is 563 g/mol. The maximum atomic E-state index is 15.3. The summed E-state index contributed by atoms with van der Waals surface area (Å²) in [4.78, 5) is 24.3. The van der Waals surface area contributed by atoms with E-state index in [1.807, 2.05) is 50.3 Å². The van der Waals surface area contributed by atoms with Crippen molar-refractivity contribution in [3.8, 4) is 17.0 Å². The minimum Gasteiger partial charge on any atom is -0.494 e. The highest BCUT2D eigenvalue weighted by Crippen LogP contribution is 2.41. The predicted octanol–water partition coefficient (Wildman–Crippen LogP) is 5.20. The van der Waals surface area contributed by atoms with Gasteiger partial charge in [0, 0.05) is 54.3 Å². The van der Waals surface area contributed by atoms with E-state index in [1.54, 1.807) is 6.07 Å². The zero-order chi connectivity index (χ0) is 29.5. The van der Waals surface area contributed by atoms with Crippen LogP contribution < -0.4 is 15.0 Å². The summed E-state index contributed by atoms with van der Waals surface area (Å²) in [5.74, 6) is -0.155. The minimum absolute atomic E-state index is 0.0737. The maximum absolute atomic E-state index is 15.3. The smallest absolute Gasteiger partial charge is 0.294 e. The first-order chi connectivity index (χ1) is 19.5. The number of fused-ring (bicyclic) bond motifs is 3. The van der Waals surface area contributed by atoms with Crippen molar-refractivity contribution < 1.29 is 18.8 Å². The number of nitro benzene ring substituents is 1. The van der Waals surface area contributed by atoms with Gasteiger partial charge in [-0.25, -0.2) is 14.4 Å². The summed E-state index contributed by atoms with van der Waals surface area (Å²) >= 11 is 0. The Morgan fingerprint density at radius 1 is 1.24 bits per heavy atom. The molecule has 0 amide bonds. The standard InChI is InChI=1S/C29H34FN7O4/c1-29(2,34(3)4)17-35(5)22-14-25(40-6)20(13-23(22)37(38)39)32-28-31-15-19(30)27(33-28)26-18-9-7-8-10-21(18)36-11-12-41-16-24(26)36/h7-10,13-15H,11-12,16-17H2,1-6H3,(H,31,32,33). The number of para-hydroxylation sites is 1. The van der Waals surface area contributed by atoms with Crippen molar-refractivity contribution in [1.82, 2.24) is 19.4 Å². The molecular weight excluding hydrogens is 529 g/mol. The van der Waals surface area contributed by atoms with E-state index in [4.69, 9.17) is 9.47 Å². The number of likely N-dealkylation sites (N-methyl/N-ethyl adjacent to an activating group) is 2. The van der Waals surface area contributed by atoms with E-state index in [0.29, 0.717) is 43.3 Å². The second kappa shape index (κ2) is 10.9. The van der Waals surface area contributed by atoms with Crippen molar-refractivity contribution >= 4 is 33.9 Å². The molecule has 41 heavy (non-hydrogen) atoms. The molecule has 0 atom stereocenters. The molecule has 216 valence electrons. The number of benzene rings is 2. The molecule has 4 aromatic rings. The van der Waals surface area contributed by atoms with Gasteiger partial charge in [-0.1, -0.05) is 18.2 Å². The molecular formula is C29H34FN7O4. The molecule has 0 bridgehead atoms. The number of methoxy groups -OCH3 is 1. The minimum atomic E-state index is -0.585. The van der Waals surface area contributed by atoms with Crippen LogP contribution in [0.5, 0.6) is 5.75 Å². The van der Waals surface area contributed by atoms with Crippen LogP contribution in [0, 0.1) is 15.9 Å². The Morgan fingerprint density at radius 2 is 2.00 bits per heavy atom. The molecule has 2 aromatic heterocycles. The van der Waals surface area contributed by atoms with Gasteiger partial charge in [-0.2, -0.15) is 0 Å². The number of anilines is 3. The van der Waals surface area contributed by atoms with Gasteiger partial charge in [0.1, 0.15) is 17.1 Å². The van der Waals surface area contributed by atoms with E-state index in [1.165, 1.54) is 13.2 Å². The fraction of sp³-hybridized carbons (Fsp3) is 0.379. The second-order valence-corrected chi connectivity index (χ2v) is 10.9. The third-order valence-electron chi connectivity index (χ3n) is 7.74. The molecule has 2 aromatic carbocycles. The summed E-state index contributed by atoms with van der Waals surface area (Å²) in [5, 5.41) is 16.0. The van der Waals surface area contributed by atoms with E-state index >= 15 is 4.39 Å². The van der Waals surface area contributed by atoms with Crippen LogP contribution in [0.1, 0.15) is 19.5 Å². The molecule has 0 unspecified atom stereocenters. The number of aromatic nitrogens is 3. The number of nitrogens with zero attached hydrogens (tertiary/aromatic N) is 6. The zero-order valence-electron chi connectivity index (χ0n) is 24.1. The summed E-state index contributed by atoms with van der Waals surface area (Å²) < 4.78 is 28.7. The summed E-state index contributed by atoms with van der Waals surface area (Å²) in [5.41, 5.74) is 2.89. The van der Waals surface area contributed by atoms with Crippen LogP contribution >= 0.6 is 0 Å². The van der Waals surface area contributed by atoms with Crippen LogP contribution in [0.3, 0.4) is 0 Å². The molecule has 0 saturated heterocycles. The van der Waals surface area contributed by atoms with Gasteiger partial charge >= 0.3 is 0 Å². The third-order valence-corrected chi connectivity index (χ3v) is 7.74. The number of hydrogen-bond donors (Lipinski definition) is 1. The van der Waals surface area contributed by atoms with Crippen LogP contribution in [0.4, 0.5) is 27.4 Å². The van der Waals surface area contributed by atoms with E-state index < -0.39 is 10.7 Å². The first kappa shape index (κ1) is 28.2. The number of rotatable bonds is 9. The topological polar surface area (TPSA) is 111 Å². The molecule has 3 heterocycles. The predicted molar refractivity (Wildman–Crippen MR) is 157 cm³/mol. The molecule has 12 heteroatoms. The van der Waals surface area contributed by atoms with Gasteiger partial charge in [0.25, 0.3) is 5.69 Å². The van der Waals surface area contributed by atoms with Crippen molar-refractivity contribution in [2.24, 2.45) is 0 Å². The SMILES string of the molecule is COc1cc(N(C)CC(C)(C)N(C)C)c([N+](=O)[O-])cc1Nc1ncc(F)c(-c2c3n(c4ccccc24)CCOC3)n1. The number of nitrogens with one attached hydrogen (secondary N) is 1. The summed E-state index contributed by atoms with van der Waals surface area (Å²) in [6.45, 7) is 6.20. The van der Waals surface area contributed by atoms with Gasteiger partial charge in [0.2, 0.25) is 5.95 Å². The van der Waals surface area contributed by atoms with Gasteiger partial charge in [-0.05, 0) is 34.0 Å². The van der Waals surface area contributed by atoms with Crippen molar-refractivity contribution in [3.63, 3.8) is 0 Å². The van der Waals surface area contributed by atoms with Crippen molar-refractivity contribution in [1.29, 1.82) is 0 Å². The molecule has 11 nitrogen and oxygen atoms in total. The fourth-order valence-corrected chi connectivity index (χ4v) is 5.16. The Labute approximate surface area is 237 Å². The van der Waals surface area contributed by atoms with E-state index in [2.05, 4.69) is 38.6 Å². The molecule has 0 fully saturated rings. The molecule has 0 saturated carbocycles. The highest BCUT2D eigenvalue weighted by Gasteiger charge is 2.29. The number of hydrogen-bond acceptors (Lipinski definition) is 9. The Bertz CT molecular complexity index is 1620. The van der Waals surface area contributed by atoms with Crippen molar-refractivity contribution in [3.05, 3.63) is 64.2 Å². The Balaban J connectivity index is 1.56. The Kier molecular flexibility index (Phi) is 7.54. The molecule has 0 radical (unpaired) electrons. The molecule has 1 N–H and O–H groups in total. The molecule has 1 aliphatic rings. The molecule has 0 spiro atoms. The Morgan fingerprint density at radius 3 is 2.71 bits per heavy atom. The zero-order valence-corrected chi connectivity index (χ0v) is 24.1. The lowest BCUT2D eigenvalue weighted by Crippen LogP contribution is -2.47. The van der Waals surface area contributed by atoms with Crippen LogP contribution in [0.25, 0.3) is 22.2 Å². The van der Waals surface area contributed by atoms with Crippen LogP contribution in [0.15, 0.2) is 42.6 Å². The highest BCUT2D eigenvalue weighted by molar-refractivity contribution is 5.97. The van der Waals surface area contributed by atoms with Crippen LogP contribution in [0.2, 0.25) is 0 Å². The summed E-state index contributed by atoms with van der Waals surface area (Å²) in [6, 6.07) is 10.8. The average molecular weight is 564 g/mol. The van der Waals surface area contributed by atoms with Crippen molar-refractivity contribution in [2.45, 2.75) is 32.5 Å². The summed E-state index contributed by atoms with van der Waals surface area (Å²) in [7, 11) is 7.22. The van der Waals surface area contributed by atoms with E-state index in [9.17, 15) is 10.1 Å². The van der Waals surface area contributed by atoms with Gasteiger partial charge in [0.05, 0.1) is 42.8 Å². The lowest BCUT2D eigenvalue weighted by atomic mass is 10.0. The molecule has 5 rings (SSSR count). The fourth-order valence-electron chi connectivity index (χ4n) is 5.16. The highest BCUT2D eigenvalue weighted by atomic mass is 19.1. The van der Waals surface area contributed by atoms with E-state index in [-0.39, 0.29) is 28.6 Å². The average Bonchev–Trinajstić information content (AvgIpc) is 3.27. The van der Waals surface area contributed by atoms with Gasteiger partial charge in [-0.3, -0.25) is 10.1 Å². The maximum Gasteiger partial charge on any atom is 0.294 e. The molecule has 1 aliphatic heterocycles. The second-order valence-electron chi connectivity index (χ2n) is 10.9. The first-order valence-corrected chi connectivity index (χ1v) is 13.2. The number of halogens is 1.